The van der Waals surface area contributed by atoms with Gasteiger partial charge < -0.3 is 4.90 Å². The summed E-state index contributed by atoms with van der Waals surface area (Å²) in [4.78, 5) is 26.0. The average molecular weight is 196 g/mol. The molecule has 0 unspecified atom stereocenters. The number of carbonyl (C=O) groups excluding carboxylic acids is 2. The minimum Gasteiger partial charge on any atom is -0.309 e. The van der Waals surface area contributed by atoms with E-state index >= 15 is 0 Å². The van der Waals surface area contributed by atoms with Crippen LogP contribution in [-0.4, -0.2) is 48.8 Å². The Balaban J connectivity index is 2.41. The fraction of sp³-hybridized carbons (Fsp3) is 0.600. The van der Waals surface area contributed by atoms with E-state index in [1.807, 2.05) is 19.0 Å². The van der Waals surface area contributed by atoms with Gasteiger partial charge in [0.15, 0.2) is 0 Å². The Kier molecular flexibility index (Phi) is 3.41. The minimum absolute atomic E-state index is 0.112. The van der Waals surface area contributed by atoms with Gasteiger partial charge in [0.1, 0.15) is 0 Å². The molecule has 0 atom stereocenters. The van der Waals surface area contributed by atoms with Crippen molar-refractivity contribution in [2.24, 2.45) is 0 Å². The van der Waals surface area contributed by atoms with Gasteiger partial charge in [-0.25, -0.2) is 0 Å². The van der Waals surface area contributed by atoms with E-state index in [4.69, 9.17) is 0 Å². The van der Waals surface area contributed by atoms with Crippen LogP contribution >= 0.6 is 0 Å². The molecule has 1 aliphatic rings. The van der Waals surface area contributed by atoms with Crippen molar-refractivity contribution >= 4 is 11.8 Å². The summed E-state index contributed by atoms with van der Waals surface area (Å²) < 4.78 is 0. The van der Waals surface area contributed by atoms with E-state index in [0.29, 0.717) is 12.1 Å². The Labute approximate surface area is 84.2 Å². The zero-order chi connectivity index (χ0) is 10.7. The first-order valence-electron chi connectivity index (χ1n) is 4.69. The topological polar surface area (TPSA) is 40.6 Å². The van der Waals surface area contributed by atoms with Crippen LogP contribution in [0.1, 0.15) is 12.8 Å². The number of hydrogen-bond donors (Lipinski definition) is 0. The maximum atomic E-state index is 11.4. The lowest BCUT2D eigenvalue weighted by molar-refractivity contribution is -0.137. The van der Waals surface area contributed by atoms with Crippen molar-refractivity contribution < 1.29 is 9.59 Å². The Bertz CT molecular complexity index is 271. The van der Waals surface area contributed by atoms with E-state index in [-0.39, 0.29) is 18.2 Å². The summed E-state index contributed by atoms with van der Waals surface area (Å²) in [5.41, 5.74) is 0.417. The maximum absolute atomic E-state index is 11.4. The van der Waals surface area contributed by atoms with Crippen LogP contribution in [0.3, 0.4) is 0 Å². The van der Waals surface area contributed by atoms with Gasteiger partial charge in [-0.15, -0.1) is 0 Å². The predicted molar refractivity (Wildman–Crippen MR) is 53.6 cm³/mol. The fourth-order valence-corrected chi connectivity index (χ4v) is 1.43. The summed E-state index contributed by atoms with van der Waals surface area (Å²) in [5.74, 6) is -0.312. The molecule has 1 fully saturated rings. The summed E-state index contributed by atoms with van der Waals surface area (Å²) in [6.07, 6.45) is 1.01. The third kappa shape index (κ3) is 2.42. The van der Waals surface area contributed by atoms with Gasteiger partial charge in [0, 0.05) is 12.1 Å². The normalized spacial score (nSPS) is 17.4. The molecule has 1 saturated heterocycles. The van der Waals surface area contributed by atoms with Gasteiger partial charge in [-0.05, 0) is 27.1 Å². The second-order valence-corrected chi connectivity index (χ2v) is 3.79. The highest BCUT2D eigenvalue weighted by Gasteiger charge is 2.31. The van der Waals surface area contributed by atoms with Crippen molar-refractivity contribution in [1.82, 2.24) is 9.80 Å². The van der Waals surface area contributed by atoms with Gasteiger partial charge in [-0.3, -0.25) is 14.5 Å². The molecule has 1 aliphatic heterocycles. The summed E-state index contributed by atoms with van der Waals surface area (Å²) in [5, 5.41) is 0. The average Bonchev–Trinajstić information content (AvgIpc) is 2.31. The van der Waals surface area contributed by atoms with Gasteiger partial charge in [0.2, 0.25) is 5.91 Å². The van der Waals surface area contributed by atoms with Gasteiger partial charge >= 0.3 is 0 Å². The Hall–Kier alpha value is -1.16. The van der Waals surface area contributed by atoms with E-state index in [1.54, 1.807) is 0 Å². The molecule has 4 heteroatoms. The van der Waals surface area contributed by atoms with E-state index in [1.165, 1.54) is 4.90 Å². The van der Waals surface area contributed by atoms with Crippen LogP contribution in [0.5, 0.6) is 0 Å². The van der Waals surface area contributed by atoms with Crippen molar-refractivity contribution in [2.75, 3.05) is 27.2 Å². The summed E-state index contributed by atoms with van der Waals surface area (Å²) >= 11 is 0. The highest BCUT2D eigenvalue weighted by molar-refractivity contribution is 6.12. The number of imide groups is 1. The maximum Gasteiger partial charge on any atom is 0.256 e. The second kappa shape index (κ2) is 4.37. The monoisotopic (exact) mass is 196 g/mol. The van der Waals surface area contributed by atoms with Crippen LogP contribution in [0.2, 0.25) is 0 Å². The predicted octanol–water partition coefficient (Wildman–Crippen LogP) is 0.253. The van der Waals surface area contributed by atoms with Crippen molar-refractivity contribution in [3.8, 4) is 0 Å². The lowest BCUT2D eigenvalue weighted by Gasteiger charge is -2.15. The number of carbonyl (C=O) groups is 2. The van der Waals surface area contributed by atoms with Crippen LogP contribution in [0.15, 0.2) is 12.2 Å². The Morgan fingerprint density at radius 3 is 2.50 bits per heavy atom. The van der Waals surface area contributed by atoms with Crippen molar-refractivity contribution in [2.45, 2.75) is 12.8 Å². The summed E-state index contributed by atoms with van der Waals surface area (Å²) in [7, 11) is 3.93. The Morgan fingerprint density at radius 1 is 1.43 bits per heavy atom. The van der Waals surface area contributed by atoms with Gasteiger partial charge in [-0.2, -0.15) is 0 Å². The molecule has 14 heavy (non-hydrogen) atoms. The Morgan fingerprint density at radius 2 is 2.07 bits per heavy atom. The largest absolute Gasteiger partial charge is 0.309 e. The highest BCUT2D eigenvalue weighted by atomic mass is 16.2. The fourth-order valence-electron chi connectivity index (χ4n) is 1.43. The van der Waals surface area contributed by atoms with Crippen molar-refractivity contribution in [1.29, 1.82) is 0 Å². The SMILES string of the molecule is C=C1CC(=O)N(CCCN(C)C)C1=O. The molecule has 4 nitrogen and oxygen atoms in total. The molecule has 78 valence electrons. The lowest BCUT2D eigenvalue weighted by Crippen LogP contribution is -2.32. The smallest absolute Gasteiger partial charge is 0.256 e. The molecule has 0 aromatic rings. The van der Waals surface area contributed by atoms with Crippen molar-refractivity contribution in [3.63, 3.8) is 0 Å². The zero-order valence-corrected chi connectivity index (χ0v) is 8.75. The minimum atomic E-state index is -0.200. The molecule has 0 aromatic heterocycles. The van der Waals surface area contributed by atoms with Gasteiger partial charge in [0.05, 0.1) is 6.42 Å². The first-order valence-corrected chi connectivity index (χ1v) is 4.69. The molecule has 0 aliphatic carbocycles. The number of amides is 2. The molecule has 0 spiro atoms. The summed E-state index contributed by atoms with van der Waals surface area (Å²) in [6, 6.07) is 0. The molecule has 0 bridgehead atoms. The third-order valence-corrected chi connectivity index (χ3v) is 2.20. The van der Waals surface area contributed by atoms with Crippen molar-refractivity contribution in [3.05, 3.63) is 12.2 Å². The molecule has 0 saturated carbocycles. The lowest BCUT2D eigenvalue weighted by atomic mass is 10.3. The van der Waals surface area contributed by atoms with Crippen LogP contribution in [0, 0.1) is 0 Å². The van der Waals surface area contributed by atoms with E-state index < -0.39 is 0 Å². The van der Waals surface area contributed by atoms with Crippen LogP contribution < -0.4 is 0 Å². The molecular formula is C10H16N2O2. The molecule has 2 amide bonds. The van der Waals surface area contributed by atoms with Gasteiger partial charge in [-0.1, -0.05) is 6.58 Å². The molecule has 1 rings (SSSR count). The number of nitrogens with zero attached hydrogens (tertiary/aromatic N) is 2. The first kappa shape index (κ1) is 10.9. The zero-order valence-electron chi connectivity index (χ0n) is 8.75. The number of likely N-dealkylation sites (tertiary alicyclic amines) is 1. The third-order valence-electron chi connectivity index (χ3n) is 2.20. The first-order chi connectivity index (χ1) is 6.52. The molecular weight excluding hydrogens is 180 g/mol. The number of rotatable bonds is 4. The van der Waals surface area contributed by atoms with Crippen LogP contribution in [-0.2, 0) is 9.59 Å². The number of hydrogen-bond acceptors (Lipinski definition) is 3. The van der Waals surface area contributed by atoms with E-state index in [0.717, 1.165) is 13.0 Å². The molecule has 0 radical (unpaired) electrons. The molecule has 0 aromatic carbocycles. The van der Waals surface area contributed by atoms with Crippen LogP contribution in [0.25, 0.3) is 0 Å². The summed E-state index contributed by atoms with van der Waals surface area (Å²) in [6.45, 7) is 4.94. The molecule has 1 heterocycles. The van der Waals surface area contributed by atoms with E-state index in [2.05, 4.69) is 6.58 Å². The molecule has 0 N–H and O–H groups in total. The van der Waals surface area contributed by atoms with Crippen LogP contribution in [0.4, 0.5) is 0 Å². The quantitative estimate of drug-likeness (QED) is 0.478. The van der Waals surface area contributed by atoms with Gasteiger partial charge in [0.25, 0.3) is 5.91 Å². The van der Waals surface area contributed by atoms with E-state index in [9.17, 15) is 9.59 Å². The highest BCUT2D eigenvalue weighted by Crippen LogP contribution is 2.16. The standard InChI is InChI=1S/C10H16N2O2/c1-8-7-9(13)12(10(8)14)6-4-5-11(2)3/h1,4-7H2,2-3H3. The second-order valence-electron chi connectivity index (χ2n) is 3.79.